The molecule has 0 unspecified atom stereocenters. The Hall–Kier alpha value is -5.43. The number of rotatable bonds is 16. The van der Waals surface area contributed by atoms with E-state index in [0.717, 1.165) is 4.90 Å². The number of aliphatic hydroxyl groups excluding tert-OH is 1. The molecule has 0 radical (unpaired) electrons. The molecule has 5 atom stereocenters. The van der Waals surface area contributed by atoms with Crippen LogP contribution in [0, 0.1) is 0 Å². The number of para-hydroxylation sites is 1. The number of unbranched alkanes of at least 4 members (excludes halogenated alkanes) is 1. The van der Waals surface area contributed by atoms with Crippen molar-refractivity contribution >= 4 is 58.7 Å². The summed E-state index contributed by atoms with van der Waals surface area (Å²) in [5, 5.41) is 23.9. The fraction of sp³-hybridized carbons (Fsp3) is 0.531. The minimum absolute atomic E-state index is 0.00754. The number of hydrogen-bond donors (Lipinski definition) is 9. The number of nitrogens with two attached hydrogens (primary N) is 2. The van der Waals surface area contributed by atoms with E-state index >= 15 is 0 Å². The third kappa shape index (κ3) is 13.8. The number of ketones is 1. The van der Waals surface area contributed by atoms with E-state index in [2.05, 4.69) is 31.9 Å². The first-order valence-electron chi connectivity index (χ1n) is 16.4. The third-order valence-corrected chi connectivity index (χ3v) is 7.80. The van der Waals surface area contributed by atoms with E-state index in [1.165, 1.54) is 26.1 Å². The van der Waals surface area contributed by atoms with Gasteiger partial charge in [-0.15, -0.1) is 0 Å². The van der Waals surface area contributed by atoms with Crippen LogP contribution in [0.5, 0.6) is 0 Å². The standard InChI is InChI=1S/C32H47N9O10/c1-18(43)11-12-21-30(49)38-22(14-25(34)44)31(50)39-23(15-27(46)41(16-26(45)36-21)19-8-4-3-5-9-19)32(51)37-20(10-6-7-13-33)29(48)40-24(17-42)28(47)35-2/h3-5,8-9,20-24,42H,6-7,10-17,33H2,1-2H3,(H2,34,44)(H,35,47)(H,36,45)(H,37,51)(H,38,49)(H,39,50)(H,40,48)/t20-,21-,22-,23+,24-/m0/s1. The lowest BCUT2D eigenvalue weighted by Gasteiger charge is -2.27. The minimum Gasteiger partial charge on any atom is -0.394 e. The van der Waals surface area contributed by atoms with Crippen molar-refractivity contribution in [1.29, 1.82) is 0 Å². The monoisotopic (exact) mass is 717 g/mol. The number of carbonyl (C=O) groups is 9. The number of primary amides is 1. The third-order valence-electron chi connectivity index (χ3n) is 7.80. The quantitative estimate of drug-likeness (QED) is 0.0742. The van der Waals surface area contributed by atoms with Gasteiger partial charge < -0.3 is 58.2 Å². The number of benzene rings is 1. The highest BCUT2D eigenvalue weighted by atomic mass is 16.3. The Morgan fingerprint density at radius 1 is 0.922 bits per heavy atom. The zero-order chi connectivity index (χ0) is 38.1. The van der Waals surface area contributed by atoms with Crippen LogP contribution in [0.4, 0.5) is 5.69 Å². The van der Waals surface area contributed by atoms with Gasteiger partial charge in [0.2, 0.25) is 47.3 Å². The summed E-state index contributed by atoms with van der Waals surface area (Å²) in [6.07, 6.45) is -1.01. The molecule has 0 aliphatic carbocycles. The van der Waals surface area contributed by atoms with E-state index in [0.29, 0.717) is 12.8 Å². The molecular formula is C32H47N9O10. The van der Waals surface area contributed by atoms with Crippen LogP contribution in [0.25, 0.3) is 0 Å². The number of likely N-dealkylation sites (N-methyl/N-ethyl adjacent to an activating group) is 1. The molecule has 1 aliphatic rings. The lowest BCUT2D eigenvalue weighted by Crippen LogP contribution is -2.60. The fourth-order valence-corrected chi connectivity index (χ4v) is 5.06. The molecule has 19 heteroatoms. The Kier molecular flexibility index (Phi) is 17.1. The van der Waals surface area contributed by atoms with Gasteiger partial charge in [0.25, 0.3) is 0 Å². The summed E-state index contributed by atoms with van der Waals surface area (Å²) < 4.78 is 0. The molecule has 1 heterocycles. The van der Waals surface area contributed by atoms with Crippen LogP contribution in [-0.4, -0.2) is 115 Å². The highest BCUT2D eigenvalue weighted by Crippen LogP contribution is 2.16. The average Bonchev–Trinajstić information content (AvgIpc) is 3.09. The smallest absolute Gasteiger partial charge is 0.244 e. The van der Waals surface area contributed by atoms with Crippen LogP contribution in [0.3, 0.4) is 0 Å². The molecule has 19 nitrogen and oxygen atoms in total. The molecule has 0 aromatic heterocycles. The maximum atomic E-state index is 13.9. The Balaban J connectivity index is 2.57. The van der Waals surface area contributed by atoms with Crippen molar-refractivity contribution in [3.63, 3.8) is 0 Å². The first kappa shape index (κ1) is 41.7. The summed E-state index contributed by atoms with van der Waals surface area (Å²) in [6.45, 7) is 0.154. The van der Waals surface area contributed by atoms with Crippen LogP contribution in [0.1, 0.15) is 51.9 Å². The largest absolute Gasteiger partial charge is 0.394 e. The second-order valence-corrected chi connectivity index (χ2v) is 11.9. The fourth-order valence-electron chi connectivity index (χ4n) is 5.06. The SMILES string of the molecule is CNC(=O)[C@H](CO)NC(=O)[C@H](CCCCN)NC(=O)[C@H]1CC(=O)N(c2ccccc2)CC(=O)N[C@@H](CCC(C)=O)C(=O)N[C@@H](CC(N)=O)C(=O)N1. The van der Waals surface area contributed by atoms with Gasteiger partial charge in [0.1, 0.15) is 42.5 Å². The van der Waals surface area contributed by atoms with Crippen molar-refractivity contribution in [3.8, 4) is 0 Å². The van der Waals surface area contributed by atoms with Gasteiger partial charge in [-0.25, -0.2) is 0 Å². The molecule has 51 heavy (non-hydrogen) atoms. The highest BCUT2D eigenvalue weighted by molar-refractivity contribution is 6.04. The van der Waals surface area contributed by atoms with E-state index in [4.69, 9.17) is 11.5 Å². The van der Waals surface area contributed by atoms with Gasteiger partial charge in [-0.3, -0.25) is 38.4 Å². The first-order valence-corrected chi connectivity index (χ1v) is 16.4. The number of anilines is 1. The van der Waals surface area contributed by atoms with E-state index in [9.17, 15) is 48.3 Å². The molecule has 1 saturated heterocycles. The van der Waals surface area contributed by atoms with Crippen molar-refractivity contribution in [2.24, 2.45) is 11.5 Å². The second kappa shape index (κ2) is 20.9. The van der Waals surface area contributed by atoms with Gasteiger partial charge in [0.15, 0.2) is 0 Å². The van der Waals surface area contributed by atoms with Crippen molar-refractivity contribution in [2.75, 3.05) is 31.6 Å². The summed E-state index contributed by atoms with van der Waals surface area (Å²) in [5.41, 5.74) is 11.2. The molecule has 2 rings (SSSR count). The van der Waals surface area contributed by atoms with Gasteiger partial charge in [-0.1, -0.05) is 18.2 Å². The Labute approximate surface area is 294 Å². The molecule has 1 fully saturated rings. The zero-order valence-corrected chi connectivity index (χ0v) is 28.6. The van der Waals surface area contributed by atoms with Gasteiger partial charge in [-0.05, 0) is 51.3 Å². The predicted octanol–water partition coefficient (Wildman–Crippen LogP) is -4.04. The first-order chi connectivity index (χ1) is 24.2. The Bertz CT molecular complexity index is 1440. The van der Waals surface area contributed by atoms with Gasteiger partial charge in [0.05, 0.1) is 19.4 Å². The maximum absolute atomic E-state index is 13.9. The lowest BCUT2D eigenvalue weighted by atomic mass is 10.0. The van der Waals surface area contributed by atoms with Gasteiger partial charge in [0, 0.05) is 19.2 Å². The normalized spacial score (nSPS) is 19.8. The van der Waals surface area contributed by atoms with E-state index in [1.807, 2.05) is 0 Å². The number of hydrogen-bond acceptors (Lipinski definition) is 11. The maximum Gasteiger partial charge on any atom is 0.244 e. The van der Waals surface area contributed by atoms with Gasteiger partial charge in [-0.2, -0.15) is 0 Å². The highest BCUT2D eigenvalue weighted by Gasteiger charge is 2.36. The van der Waals surface area contributed by atoms with Crippen LogP contribution in [-0.2, 0) is 43.2 Å². The molecule has 280 valence electrons. The Morgan fingerprint density at radius 2 is 1.59 bits per heavy atom. The van der Waals surface area contributed by atoms with E-state index < -0.39 is 103 Å². The summed E-state index contributed by atoms with van der Waals surface area (Å²) >= 11 is 0. The van der Waals surface area contributed by atoms with Crippen LogP contribution < -0.4 is 48.3 Å². The molecule has 1 aromatic carbocycles. The van der Waals surface area contributed by atoms with Gasteiger partial charge >= 0.3 is 0 Å². The van der Waals surface area contributed by atoms with E-state index in [-0.39, 0.29) is 37.3 Å². The number of Topliss-reactive ketones (excluding diaryl/α,β-unsaturated/α-hetero) is 1. The molecule has 1 aromatic rings. The van der Waals surface area contributed by atoms with Crippen LogP contribution in [0.2, 0.25) is 0 Å². The summed E-state index contributed by atoms with van der Waals surface area (Å²) in [7, 11) is 1.30. The molecule has 0 spiro atoms. The summed E-state index contributed by atoms with van der Waals surface area (Å²) in [6, 6.07) is 0.411. The number of amides is 8. The molecular weight excluding hydrogens is 670 g/mol. The van der Waals surface area contributed by atoms with Crippen molar-refractivity contribution in [2.45, 2.75) is 82.1 Å². The van der Waals surface area contributed by atoms with Crippen LogP contribution in [0.15, 0.2) is 30.3 Å². The molecule has 8 amide bonds. The zero-order valence-electron chi connectivity index (χ0n) is 28.6. The molecule has 11 N–H and O–H groups in total. The molecule has 0 saturated carbocycles. The topological polar surface area (TPSA) is 301 Å². The molecule has 1 aliphatic heterocycles. The van der Waals surface area contributed by atoms with Crippen molar-refractivity contribution in [3.05, 3.63) is 30.3 Å². The summed E-state index contributed by atoms with van der Waals surface area (Å²) in [5.74, 6) is -7.58. The second-order valence-electron chi connectivity index (χ2n) is 11.9. The minimum atomic E-state index is -1.74. The lowest BCUT2D eigenvalue weighted by molar-refractivity contribution is -0.136. The number of carbonyl (C=O) groups excluding carboxylic acids is 9. The predicted molar refractivity (Wildman–Crippen MR) is 181 cm³/mol. The van der Waals surface area contributed by atoms with Crippen LogP contribution >= 0.6 is 0 Å². The van der Waals surface area contributed by atoms with Crippen molar-refractivity contribution < 1.29 is 48.3 Å². The van der Waals surface area contributed by atoms with Crippen molar-refractivity contribution in [1.82, 2.24) is 31.9 Å². The average molecular weight is 718 g/mol. The Morgan fingerprint density at radius 3 is 2.18 bits per heavy atom. The molecule has 0 bridgehead atoms. The van der Waals surface area contributed by atoms with E-state index in [1.54, 1.807) is 18.2 Å². The number of nitrogens with zero attached hydrogens (tertiary/aromatic N) is 1. The summed E-state index contributed by atoms with van der Waals surface area (Å²) in [4.78, 5) is 118. The number of nitrogens with one attached hydrogen (secondary N) is 6. The number of aliphatic hydroxyl groups is 1.